The molecule has 152 valence electrons. The van der Waals surface area contributed by atoms with Gasteiger partial charge in [-0.05, 0) is 12.8 Å². The Bertz CT molecular complexity index is 269. The zero-order valence-corrected chi connectivity index (χ0v) is 27.9. The third-order valence-electron chi connectivity index (χ3n) is 4.20. The normalized spacial score (nSPS) is 9.84. The Balaban J connectivity index is -0.00000242. The summed E-state index contributed by atoms with van der Waals surface area (Å²) in [4.78, 5) is 23.1. The number of unbranched alkanes of at least 4 members (excludes halogenated alkanes) is 12. The van der Waals surface area contributed by atoms with E-state index in [9.17, 15) is 9.59 Å². The molecule has 0 aromatic heterocycles. The number of hydrogen-bond donors (Lipinski definition) is 0. The van der Waals surface area contributed by atoms with Crippen molar-refractivity contribution in [2.24, 2.45) is 0 Å². The monoisotopic (exact) mass is 750 g/mol. The molecule has 0 bridgehead atoms. The van der Waals surface area contributed by atoms with Crippen molar-refractivity contribution in [1.82, 2.24) is 0 Å². The van der Waals surface area contributed by atoms with Gasteiger partial charge < -0.3 is 4.74 Å². The fourth-order valence-corrected chi connectivity index (χ4v) is 2.68. The molecule has 0 aliphatic rings. The van der Waals surface area contributed by atoms with Gasteiger partial charge in [-0.3, -0.25) is 9.59 Å². The molecule has 0 atom stereocenters. The molecule has 0 saturated carbocycles. The average Bonchev–Trinajstić information content (AvgIpc) is 2.53. The summed E-state index contributed by atoms with van der Waals surface area (Å²) in [7, 11) is 0. The van der Waals surface area contributed by atoms with Gasteiger partial charge in [-0.1, -0.05) is 90.9 Å². The van der Waals surface area contributed by atoms with Crippen molar-refractivity contribution in [3.05, 3.63) is 0 Å². The van der Waals surface area contributed by atoms with E-state index in [1.54, 1.807) is 0 Å². The minimum atomic E-state index is -0.341. The van der Waals surface area contributed by atoms with Gasteiger partial charge in [0.05, 0.1) is 0 Å². The molecule has 3 nitrogen and oxygen atoms in total. The number of hydrogen-bond acceptors (Lipinski definition) is 3. The van der Waals surface area contributed by atoms with Crippen LogP contribution in [0.5, 0.6) is 0 Å². The first kappa shape index (κ1) is 30.6. The van der Waals surface area contributed by atoms with Crippen LogP contribution in [-0.2, 0) is 14.3 Å². The van der Waals surface area contributed by atoms with E-state index in [1.807, 2.05) is 0 Å². The van der Waals surface area contributed by atoms with Gasteiger partial charge in [0.2, 0.25) is 0 Å². The Hall–Kier alpha value is 0.906. The molecular formula is C20H44Bi2O3. The molecule has 0 heterocycles. The van der Waals surface area contributed by atoms with Crippen LogP contribution in [0, 0.1) is 0 Å². The Kier molecular flexibility index (Phi) is 30.5. The van der Waals surface area contributed by atoms with Crippen molar-refractivity contribution < 1.29 is 14.3 Å². The van der Waals surface area contributed by atoms with Crippen LogP contribution in [0.3, 0.4) is 0 Å². The van der Waals surface area contributed by atoms with Crippen LogP contribution >= 0.6 is 0 Å². The van der Waals surface area contributed by atoms with E-state index in [0.29, 0.717) is 12.8 Å². The fourth-order valence-electron chi connectivity index (χ4n) is 2.68. The van der Waals surface area contributed by atoms with Crippen LogP contribution in [0.25, 0.3) is 0 Å². The summed E-state index contributed by atoms with van der Waals surface area (Å²) in [6.45, 7) is 4.42. The molecule has 0 unspecified atom stereocenters. The number of rotatable bonds is 16. The van der Waals surface area contributed by atoms with Gasteiger partial charge in [0.25, 0.3) is 0 Å². The molecule has 0 aromatic carbocycles. The Morgan fingerprint density at radius 1 is 0.520 bits per heavy atom. The van der Waals surface area contributed by atoms with Gasteiger partial charge in [0, 0.05) is 12.8 Å². The first-order valence-electron chi connectivity index (χ1n) is 9.94. The third kappa shape index (κ3) is 24.9. The Morgan fingerprint density at radius 3 is 1.12 bits per heavy atom. The van der Waals surface area contributed by atoms with Gasteiger partial charge >= 0.3 is 64.3 Å². The average molecular weight is 751 g/mol. The van der Waals surface area contributed by atoms with E-state index in [2.05, 4.69) is 13.8 Å². The predicted molar refractivity (Wildman–Crippen MR) is 116 cm³/mol. The van der Waals surface area contributed by atoms with Crippen LogP contribution < -0.4 is 0 Å². The zero-order valence-electron chi connectivity index (χ0n) is 17.0. The van der Waals surface area contributed by atoms with Crippen molar-refractivity contribution in [2.75, 3.05) is 0 Å². The standard InChI is InChI=1S/C20H38O3.2Bi.6H/c1-3-5-7-9-11-13-15-17-19(21)23-20(22)18-16-14-12-10-8-6-4-2;;;;;;;;/h3-18H2,1-2H3;;;;;;;;. The maximum absolute atomic E-state index is 11.6. The van der Waals surface area contributed by atoms with Gasteiger partial charge in [0.15, 0.2) is 0 Å². The molecule has 25 heavy (non-hydrogen) atoms. The molecule has 0 aliphatic carbocycles. The van der Waals surface area contributed by atoms with E-state index < -0.39 is 0 Å². The Labute approximate surface area is 194 Å². The quantitative estimate of drug-likeness (QED) is 0.104. The van der Waals surface area contributed by atoms with Crippen molar-refractivity contribution in [3.63, 3.8) is 0 Å². The molecule has 0 rings (SSSR count). The molecular weight excluding hydrogens is 706 g/mol. The van der Waals surface area contributed by atoms with Crippen LogP contribution in [0.2, 0.25) is 0 Å². The van der Waals surface area contributed by atoms with E-state index in [4.69, 9.17) is 4.74 Å². The summed E-state index contributed by atoms with van der Waals surface area (Å²) in [5, 5.41) is 0. The summed E-state index contributed by atoms with van der Waals surface area (Å²) in [6, 6.07) is 0. The summed E-state index contributed by atoms with van der Waals surface area (Å²) >= 11 is 0. The van der Waals surface area contributed by atoms with Crippen LogP contribution in [0.1, 0.15) is 117 Å². The second kappa shape index (κ2) is 24.9. The van der Waals surface area contributed by atoms with Crippen LogP contribution in [0.4, 0.5) is 0 Å². The molecule has 0 spiro atoms. The minimum absolute atomic E-state index is 0. The summed E-state index contributed by atoms with van der Waals surface area (Å²) in [6.07, 6.45) is 17.1. The molecule has 0 aliphatic heterocycles. The van der Waals surface area contributed by atoms with Crippen molar-refractivity contribution in [3.8, 4) is 0 Å². The molecule has 0 saturated heterocycles. The third-order valence-corrected chi connectivity index (χ3v) is 4.20. The predicted octanol–water partition coefficient (Wildman–Crippen LogP) is 3.97. The van der Waals surface area contributed by atoms with Gasteiger partial charge in [-0.25, -0.2) is 0 Å². The first-order chi connectivity index (χ1) is 11.2. The number of esters is 2. The van der Waals surface area contributed by atoms with E-state index in [-0.39, 0.29) is 64.3 Å². The van der Waals surface area contributed by atoms with E-state index in [1.165, 1.54) is 64.2 Å². The second-order valence-electron chi connectivity index (χ2n) is 6.59. The zero-order chi connectivity index (χ0) is 17.2. The van der Waals surface area contributed by atoms with Crippen LogP contribution in [0.15, 0.2) is 0 Å². The summed E-state index contributed by atoms with van der Waals surface area (Å²) in [5.74, 6) is -0.682. The molecule has 0 aromatic rings. The van der Waals surface area contributed by atoms with Gasteiger partial charge in [-0.15, -0.1) is 0 Å². The number of ether oxygens (including phenoxy) is 1. The number of carbonyl (C=O) groups is 2. The summed E-state index contributed by atoms with van der Waals surface area (Å²) in [5.41, 5.74) is 0. The van der Waals surface area contributed by atoms with Crippen LogP contribution in [-0.4, -0.2) is 64.3 Å². The van der Waals surface area contributed by atoms with Gasteiger partial charge in [-0.2, -0.15) is 0 Å². The maximum atomic E-state index is 11.6. The van der Waals surface area contributed by atoms with E-state index in [0.717, 1.165) is 25.7 Å². The van der Waals surface area contributed by atoms with Crippen molar-refractivity contribution in [2.45, 2.75) is 117 Å². The molecule has 0 amide bonds. The molecule has 0 fully saturated rings. The molecule has 0 N–H and O–H groups in total. The Morgan fingerprint density at radius 2 is 0.800 bits per heavy atom. The van der Waals surface area contributed by atoms with E-state index >= 15 is 0 Å². The fraction of sp³-hybridized carbons (Fsp3) is 0.900. The topological polar surface area (TPSA) is 43.4 Å². The van der Waals surface area contributed by atoms with Crippen molar-refractivity contribution in [1.29, 1.82) is 0 Å². The molecule has 5 heteroatoms. The second-order valence-corrected chi connectivity index (χ2v) is 6.59. The SMILES string of the molecule is CCCCCCCCCC(=O)OC(=O)CCCCCCCCC.[BiH3].[BiH3]. The number of carbonyl (C=O) groups excluding carboxylic acids is 2. The molecule has 0 radical (unpaired) electrons. The van der Waals surface area contributed by atoms with Crippen molar-refractivity contribution >= 4 is 64.3 Å². The van der Waals surface area contributed by atoms with Gasteiger partial charge in [0.1, 0.15) is 0 Å². The first-order valence-corrected chi connectivity index (χ1v) is 9.94. The summed E-state index contributed by atoms with van der Waals surface area (Å²) < 4.78 is 4.86.